The molecule has 1 aliphatic rings. The monoisotopic (exact) mass is 369 g/mol. The molecule has 0 aromatic heterocycles. The van der Waals surface area contributed by atoms with Crippen LogP contribution in [-0.2, 0) is 4.79 Å². The summed E-state index contributed by atoms with van der Waals surface area (Å²) in [6, 6.07) is 5.33. The normalized spacial score (nSPS) is 18.1. The highest BCUT2D eigenvalue weighted by molar-refractivity contribution is 9.10. The van der Waals surface area contributed by atoms with Crippen molar-refractivity contribution in [3.05, 3.63) is 28.2 Å². The van der Waals surface area contributed by atoms with Gasteiger partial charge in [0.25, 0.3) is 5.91 Å². The molecule has 5 nitrogen and oxygen atoms in total. The molecule has 22 heavy (non-hydrogen) atoms. The molecule has 2 rings (SSSR count). The van der Waals surface area contributed by atoms with Crippen molar-refractivity contribution in [1.29, 1.82) is 0 Å². The number of benzene rings is 1. The van der Waals surface area contributed by atoms with Gasteiger partial charge in [0.1, 0.15) is 5.75 Å². The summed E-state index contributed by atoms with van der Waals surface area (Å²) in [7, 11) is 0. The maximum Gasteiger partial charge on any atom is 0.308 e. The van der Waals surface area contributed by atoms with Crippen molar-refractivity contribution in [1.82, 2.24) is 4.90 Å². The zero-order chi connectivity index (χ0) is 16.1. The average molecular weight is 370 g/mol. The SMILES string of the molecule is CCCOc1ccc(Br)cc1C(=O)N1CCCC(C(=O)O)C1. The molecule has 1 N–H and O–H groups in total. The van der Waals surface area contributed by atoms with Gasteiger partial charge in [0.05, 0.1) is 18.1 Å². The summed E-state index contributed by atoms with van der Waals surface area (Å²) in [4.78, 5) is 25.5. The first kappa shape index (κ1) is 16.8. The zero-order valence-electron chi connectivity index (χ0n) is 12.5. The van der Waals surface area contributed by atoms with Crippen molar-refractivity contribution in [2.75, 3.05) is 19.7 Å². The van der Waals surface area contributed by atoms with Crippen LogP contribution in [0.3, 0.4) is 0 Å². The first-order valence-electron chi connectivity index (χ1n) is 7.47. The Morgan fingerprint density at radius 2 is 2.23 bits per heavy atom. The molecular formula is C16H20BrNO4. The van der Waals surface area contributed by atoms with Crippen LogP contribution in [0.15, 0.2) is 22.7 Å². The smallest absolute Gasteiger partial charge is 0.308 e. The summed E-state index contributed by atoms with van der Waals surface area (Å²) in [5, 5.41) is 9.15. The van der Waals surface area contributed by atoms with Crippen molar-refractivity contribution in [2.24, 2.45) is 5.92 Å². The van der Waals surface area contributed by atoms with E-state index in [4.69, 9.17) is 9.84 Å². The number of rotatable bonds is 5. The third-order valence-electron chi connectivity index (χ3n) is 3.69. The molecule has 1 aromatic rings. The van der Waals surface area contributed by atoms with Gasteiger partial charge in [-0.1, -0.05) is 22.9 Å². The number of carbonyl (C=O) groups excluding carboxylic acids is 1. The van der Waals surface area contributed by atoms with E-state index in [0.29, 0.717) is 37.3 Å². The van der Waals surface area contributed by atoms with E-state index in [-0.39, 0.29) is 12.5 Å². The van der Waals surface area contributed by atoms with Gasteiger partial charge in [0.15, 0.2) is 0 Å². The van der Waals surface area contributed by atoms with Crippen LogP contribution in [0.25, 0.3) is 0 Å². The second-order valence-corrected chi connectivity index (χ2v) is 6.33. The van der Waals surface area contributed by atoms with E-state index in [1.807, 2.05) is 13.0 Å². The van der Waals surface area contributed by atoms with E-state index >= 15 is 0 Å². The second kappa shape index (κ2) is 7.63. The Morgan fingerprint density at radius 3 is 2.91 bits per heavy atom. The third kappa shape index (κ3) is 4.00. The number of halogens is 1. The van der Waals surface area contributed by atoms with Gasteiger partial charge < -0.3 is 14.7 Å². The van der Waals surface area contributed by atoms with Gasteiger partial charge in [0.2, 0.25) is 0 Å². The van der Waals surface area contributed by atoms with Crippen molar-refractivity contribution in [2.45, 2.75) is 26.2 Å². The fourth-order valence-corrected chi connectivity index (χ4v) is 2.90. The van der Waals surface area contributed by atoms with E-state index in [2.05, 4.69) is 15.9 Å². The van der Waals surface area contributed by atoms with Gasteiger partial charge in [0, 0.05) is 17.6 Å². The molecule has 1 heterocycles. The van der Waals surface area contributed by atoms with Gasteiger partial charge in [-0.15, -0.1) is 0 Å². The zero-order valence-corrected chi connectivity index (χ0v) is 14.1. The number of carboxylic acid groups (broad SMARTS) is 1. The maximum absolute atomic E-state index is 12.7. The van der Waals surface area contributed by atoms with Crippen LogP contribution >= 0.6 is 15.9 Å². The molecule has 0 saturated carbocycles. The number of aliphatic carboxylic acids is 1. The Labute approximate surface area is 138 Å². The van der Waals surface area contributed by atoms with Gasteiger partial charge in [-0.2, -0.15) is 0 Å². The summed E-state index contributed by atoms with van der Waals surface area (Å²) >= 11 is 3.37. The van der Waals surface area contributed by atoms with E-state index < -0.39 is 11.9 Å². The Bertz CT molecular complexity index is 561. The Morgan fingerprint density at radius 1 is 1.45 bits per heavy atom. The Hall–Kier alpha value is -1.56. The number of nitrogens with zero attached hydrogens (tertiary/aromatic N) is 1. The number of hydrogen-bond donors (Lipinski definition) is 1. The Balaban J connectivity index is 2.20. The van der Waals surface area contributed by atoms with Crippen molar-refractivity contribution >= 4 is 27.8 Å². The summed E-state index contributed by atoms with van der Waals surface area (Å²) in [5.41, 5.74) is 0.480. The number of piperidine rings is 1. The number of hydrogen-bond acceptors (Lipinski definition) is 3. The summed E-state index contributed by atoms with van der Waals surface area (Å²) < 4.78 is 6.44. The lowest BCUT2D eigenvalue weighted by Gasteiger charge is -2.31. The van der Waals surface area contributed by atoms with Gasteiger partial charge in [-0.05, 0) is 37.5 Å². The molecule has 6 heteroatoms. The predicted octanol–water partition coefficient (Wildman–Crippen LogP) is 3.17. The lowest BCUT2D eigenvalue weighted by atomic mass is 9.97. The van der Waals surface area contributed by atoms with Crippen LogP contribution in [0, 0.1) is 5.92 Å². The van der Waals surface area contributed by atoms with Crippen LogP contribution in [0.4, 0.5) is 0 Å². The molecule has 1 atom stereocenters. The third-order valence-corrected chi connectivity index (χ3v) is 4.18. The molecule has 1 fully saturated rings. The molecule has 1 saturated heterocycles. The molecule has 1 aliphatic heterocycles. The highest BCUT2D eigenvalue weighted by Gasteiger charge is 2.29. The van der Waals surface area contributed by atoms with Crippen LogP contribution in [0.5, 0.6) is 5.75 Å². The highest BCUT2D eigenvalue weighted by Crippen LogP contribution is 2.27. The molecule has 1 aromatic carbocycles. The molecule has 0 radical (unpaired) electrons. The number of likely N-dealkylation sites (tertiary alicyclic amines) is 1. The molecule has 0 spiro atoms. The maximum atomic E-state index is 12.7. The highest BCUT2D eigenvalue weighted by atomic mass is 79.9. The van der Waals surface area contributed by atoms with E-state index in [9.17, 15) is 9.59 Å². The molecule has 1 amide bonds. The number of ether oxygens (including phenoxy) is 1. The van der Waals surface area contributed by atoms with E-state index in [1.54, 1.807) is 17.0 Å². The fourth-order valence-electron chi connectivity index (χ4n) is 2.54. The second-order valence-electron chi connectivity index (χ2n) is 5.42. The topological polar surface area (TPSA) is 66.8 Å². The Kier molecular flexibility index (Phi) is 5.83. The quantitative estimate of drug-likeness (QED) is 0.865. The largest absolute Gasteiger partial charge is 0.493 e. The predicted molar refractivity (Wildman–Crippen MR) is 86.2 cm³/mol. The minimum atomic E-state index is -0.839. The lowest BCUT2D eigenvalue weighted by Crippen LogP contribution is -2.42. The van der Waals surface area contributed by atoms with Crippen molar-refractivity contribution in [3.63, 3.8) is 0 Å². The minimum absolute atomic E-state index is 0.168. The van der Waals surface area contributed by atoms with Crippen LogP contribution in [-0.4, -0.2) is 41.6 Å². The van der Waals surface area contributed by atoms with Crippen molar-refractivity contribution < 1.29 is 19.4 Å². The van der Waals surface area contributed by atoms with Crippen molar-refractivity contribution in [3.8, 4) is 5.75 Å². The molecule has 1 unspecified atom stereocenters. The average Bonchev–Trinajstić information content (AvgIpc) is 2.53. The molecular weight excluding hydrogens is 350 g/mol. The van der Waals surface area contributed by atoms with E-state index in [1.165, 1.54) is 0 Å². The molecule has 0 aliphatic carbocycles. The van der Waals surface area contributed by atoms with Crippen LogP contribution < -0.4 is 4.74 Å². The summed E-state index contributed by atoms with van der Waals surface area (Å²) in [5.74, 6) is -0.940. The number of carbonyl (C=O) groups is 2. The van der Waals surface area contributed by atoms with Gasteiger partial charge in [-0.25, -0.2) is 0 Å². The van der Waals surface area contributed by atoms with Crippen LogP contribution in [0.2, 0.25) is 0 Å². The standard InChI is InChI=1S/C16H20BrNO4/c1-2-8-22-14-6-5-12(17)9-13(14)15(19)18-7-3-4-11(10-18)16(20)21/h5-6,9,11H,2-4,7-8,10H2,1H3,(H,20,21). The van der Waals surface area contributed by atoms with E-state index in [0.717, 1.165) is 10.9 Å². The molecule has 0 bridgehead atoms. The number of amides is 1. The first-order valence-corrected chi connectivity index (χ1v) is 8.26. The van der Waals surface area contributed by atoms with Gasteiger partial charge in [-0.3, -0.25) is 9.59 Å². The fraction of sp³-hybridized carbons (Fsp3) is 0.500. The van der Waals surface area contributed by atoms with Gasteiger partial charge >= 0.3 is 5.97 Å². The summed E-state index contributed by atoms with van der Waals surface area (Å²) in [6.45, 7) is 3.39. The van der Waals surface area contributed by atoms with Crippen LogP contribution in [0.1, 0.15) is 36.5 Å². The molecule has 120 valence electrons. The number of carboxylic acids is 1. The first-order chi connectivity index (χ1) is 10.5. The lowest BCUT2D eigenvalue weighted by molar-refractivity contribution is -0.143. The minimum Gasteiger partial charge on any atom is -0.493 e. The summed E-state index contributed by atoms with van der Waals surface area (Å²) in [6.07, 6.45) is 2.19.